The average molecular weight is 390 g/mol. The third-order valence-electron chi connectivity index (χ3n) is 4.23. The van der Waals surface area contributed by atoms with Crippen molar-refractivity contribution in [2.24, 2.45) is 0 Å². The number of unbranched alkanes of at least 4 members (excludes halogenated alkanes) is 2. The van der Waals surface area contributed by atoms with E-state index in [0.717, 1.165) is 17.4 Å². The number of aromatic nitrogens is 4. The molecule has 2 aromatic rings. The fourth-order valence-corrected chi connectivity index (χ4v) is 2.85. The van der Waals surface area contributed by atoms with E-state index in [-0.39, 0.29) is 30.3 Å². The van der Waals surface area contributed by atoms with Gasteiger partial charge >= 0.3 is 11.9 Å². The molecule has 0 aromatic carbocycles. The van der Waals surface area contributed by atoms with Crippen molar-refractivity contribution in [3.8, 4) is 6.01 Å². The van der Waals surface area contributed by atoms with Crippen LogP contribution in [0.3, 0.4) is 0 Å². The second-order valence-electron chi connectivity index (χ2n) is 6.31. The molecule has 0 radical (unpaired) electrons. The molecule has 0 spiro atoms. The first-order valence-electron chi connectivity index (χ1n) is 9.18. The van der Waals surface area contributed by atoms with E-state index in [1.807, 2.05) is 13.8 Å². The number of fused-ring (bicyclic) bond motifs is 1. The average Bonchev–Trinajstić information content (AvgIpc) is 2.98. The van der Waals surface area contributed by atoms with Crippen LogP contribution in [0.2, 0.25) is 0 Å². The summed E-state index contributed by atoms with van der Waals surface area (Å²) >= 11 is 0. The zero-order valence-electron chi connectivity index (χ0n) is 15.8. The van der Waals surface area contributed by atoms with Crippen molar-refractivity contribution in [2.45, 2.75) is 72.3 Å². The Kier molecular flexibility index (Phi) is 6.72. The van der Waals surface area contributed by atoms with Gasteiger partial charge in [0.2, 0.25) is 0 Å². The molecule has 0 aliphatic carbocycles. The van der Waals surface area contributed by atoms with Crippen LogP contribution in [0.4, 0.5) is 13.2 Å². The lowest BCUT2D eigenvalue weighted by Gasteiger charge is -2.12. The third-order valence-corrected chi connectivity index (χ3v) is 4.23. The Hall–Kier alpha value is -2.26. The molecule has 0 atom stereocenters. The quantitative estimate of drug-likeness (QED) is 0.660. The molecule has 27 heavy (non-hydrogen) atoms. The predicted molar refractivity (Wildman–Crippen MR) is 95.3 cm³/mol. The molecule has 0 unspecified atom stereocenters. The van der Waals surface area contributed by atoms with E-state index in [1.165, 1.54) is 9.13 Å². The molecule has 2 rings (SSSR count). The third kappa shape index (κ3) is 4.54. The summed E-state index contributed by atoms with van der Waals surface area (Å²) in [5, 5.41) is 0. The van der Waals surface area contributed by atoms with Crippen LogP contribution in [0, 0.1) is 0 Å². The summed E-state index contributed by atoms with van der Waals surface area (Å²) in [7, 11) is 0. The first-order valence-corrected chi connectivity index (χ1v) is 9.18. The van der Waals surface area contributed by atoms with E-state index in [1.54, 1.807) is 6.92 Å². The number of hydrogen-bond donors (Lipinski definition) is 0. The molecule has 0 saturated carbocycles. The Morgan fingerprint density at radius 2 is 1.56 bits per heavy atom. The Labute approximate surface area is 154 Å². The summed E-state index contributed by atoms with van der Waals surface area (Å²) in [4.78, 5) is 29.8. The van der Waals surface area contributed by atoms with Crippen molar-refractivity contribution in [3.63, 3.8) is 0 Å². The largest absolute Gasteiger partial charge is 0.455 e. The second kappa shape index (κ2) is 8.62. The van der Waals surface area contributed by atoms with Gasteiger partial charge < -0.3 is 4.74 Å². The van der Waals surface area contributed by atoms with Gasteiger partial charge in [0.25, 0.3) is 11.6 Å². The number of nitrogens with zero attached hydrogens (tertiary/aromatic N) is 4. The van der Waals surface area contributed by atoms with Crippen LogP contribution < -0.4 is 16.0 Å². The maximum atomic E-state index is 12.9. The number of alkyl halides is 3. The van der Waals surface area contributed by atoms with E-state index in [2.05, 4.69) is 4.98 Å². The smallest absolute Gasteiger partial charge is 0.422 e. The van der Waals surface area contributed by atoms with Gasteiger partial charge in [-0.1, -0.05) is 26.7 Å². The normalized spacial score (nSPS) is 12.1. The predicted octanol–water partition coefficient (Wildman–Crippen LogP) is 2.92. The summed E-state index contributed by atoms with van der Waals surface area (Å²) in [6.07, 6.45) is -1.59. The van der Waals surface area contributed by atoms with Crippen LogP contribution in [0.1, 0.15) is 46.5 Å². The summed E-state index contributed by atoms with van der Waals surface area (Å²) in [5.74, 6) is 0. The van der Waals surface area contributed by atoms with Gasteiger partial charge in [-0.2, -0.15) is 18.2 Å². The van der Waals surface area contributed by atoms with Gasteiger partial charge in [0.05, 0.1) is 0 Å². The minimum atomic E-state index is -4.53. The number of halogens is 3. The monoisotopic (exact) mass is 390 g/mol. The second-order valence-corrected chi connectivity index (χ2v) is 6.31. The molecule has 0 fully saturated rings. The summed E-state index contributed by atoms with van der Waals surface area (Å²) in [6, 6.07) is -0.306. The van der Waals surface area contributed by atoms with Gasteiger partial charge in [-0.15, -0.1) is 0 Å². The zero-order valence-corrected chi connectivity index (χ0v) is 15.8. The van der Waals surface area contributed by atoms with Crippen molar-refractivity contribution >= 4 is 11.2 Å². The lowest BCUT2D eigenvalue weighted by Crippen LogP contribution is -2.40. The first-order chi connectivity index (χ1) is 12.7. The standard InChI is InChI=1S/C17H25F3N4O3/c1-4-7-9-23-13-12(14(25)24(16(23)26)10-8-5-2)22(6-3)15(21-13)27-11-17(18,19)20/h4-11H2,1-3H3. The van der Waals surface area contributed by atoms with E-state index in [0.29, 0.717) is 19.4 Å². The molecule has 2 heterocycles. The van der Waals surface area contributed by atoms with Gasteiger partial charge in [0.1, 0.15) is 0 Å². The summed E-state index contributed by atoms with van der Waals surface area (Å²) in [5.41, 5.74) is -0.864. The van der Waals surface area contributed by atoms with Crippen molar-refractivity contribution < 1.29 is 17.9 Å². The Bertz CT molecular complexity index is 896. The van der Waals surface area contributed by atoms with Crippen LogP contribution in [-0.2, 0) is 19.6 Å². The Morgan fingerprint density at radius 1 is 0.963 bits per heavy atom. The van der Waals surface area contributed by atoms with Crippen LogP contribution in [0.15, 0.2) is 9.59 Å². The highest BCUT2D eigenvalue weighted by Crippen LogP contribution is 2.21. The summed E-state index contributed by atoms with van der Waals surface area (Å²) < 4.78 is 46.2. The molecule has 0 aliphatic heterocycles. The van der Waals surface area contributed by atoms with Gasteiger partial charge in [-0.05, 0) is 19.8 Å². The summed E-state index contributed by atoms with van der Waals surface area (Å²) in [6.45, 7) is 4.84. The molecular weight excluding hydrogens is 365 g/mol. The zero-order chi connectivity index (χ0) is 20.2. The van der Waals surface area contributed by atoms with Crippen molar-refractivity contribution in [3.05, 3.63) is 20.8 Å². The molecule has 0 aliphatic rings. The van der Waals surface area contributed by atoms with Gasteiger partial charge in [-0.25, -0.2) is 4.79 Å². The molecular formula is C17H25F3N4O3. The highest BCUT2D eigenvalue weighted by molar-refractivity contribution is 5.72. The Morgan fingerprint density at radius 3 is 2.07 bits per heavy atom. The van der Waals surface area contributed by atoms with Crippen LogP contribution in [0.25, 0.3) is 11.2 Å². The lowest BCUT2D eigenvalue weighted by atomic mass is 10.3. The van der Waals surface area contributed by atoms with Crippen LogP contribution in [0.5, 0.6) is 6.01 Å². The number of rotatable bonds is 9. The van der Waals surface area contributed by atoms with Crippen molar-refractivity contribution in [1.29, 1.82) is 0 Å². The molecule has 10 heteroatoms. The number of ether oxygens (including phenoxy) is 1. The van der Waals surface area contributed by atoms with Gasteiger partial charge in [-0.3, -0.25) is 18.5 Å². The van der Waals surface area contributed by atoms with E-state index in [9.17, 15) is 22.8 Å². The lowest BCUT2D eigenvalue weighted by molar-refractivity contribution is -0.155. The fraction of sp³-hybridized carbons (Fsp3) is 0.706. The number of imidazole rings is 1. The van der Waals surface area contributed by atoms with Crippen molar-refractivity contribution in [2.75, 3.05) is 6.61 Å². The molecule has 7 nitrogen and oxygen atoms in total. The number of aryl methyl sites for hydroxylation is 2. The molecule has 0 N–H and O–H groups in total. The highest BCUT2D eigenvalue weighted by Gasteiger charge is 2.30. The topological polar surface area (TPSA) is 71.1 Å². The van der Waals surface area contributed by atoms with E-state index < -0.39 is 24.0 Å². The molecule has 152 valence electrons. The van der Waals surface area contributed by atoms with E-state index >= 15 is 0 Å². The minimum Gasteiger partial charge on any atom is -0.455 e. The maximum absolute atomic E-state index is 12.9. The van der Waals surface area contributed by atoms with Crippen molar-refractivity contribution in [1.82, 2.24) is 18.7 Å². The van der Waals surface area contributed by atoms with E-state index in [4.69, 9.17) is 4.74 Å². The van der Waals surface area contributed by atoms with Gasteiger partial charge in [0.15, 0.2) is 17.8 Å². The maximum Gasteiger partial charge on any atom is 0.422 e. The van der Waals surface area contributed by atoms with Gasteiger partial charge in [0, 0.05) is 19.6 Å². The Balaban J connectivity index is 2.71. The minimum absolute atomic E-state index is 0.0743. The molecule has 2 aromatic heterocycles. The van der Waals surface area contributed by atoms with Crippen LogP contribution >= 0.6 is 0 Å². The highest BCUT2D eigenvalue weighted by atomic mass is 19.4. The number of hydrogen-bond acceptors (Lipinski definition) is 4. The molecule has 0 bridgehead atoms. The molecule has 0 saturated heterocycles. The SMILES string of the molecule is CCCCn1c(=O)c2c(nc(OCC(F)(F)F)n2CC)n(CCCC)c1=O. The fourth-order valence-electron chi connectivity index (χ4n) is 2.85. The van der Waals surface area contributed by atoms with Crippen LogP contribution in [-0.4, -0.2) is 31.5 Å². The first kappa shape index (κ1) is 21.0. The molecule has 0 amide bonds.